The van der Waals surface area contributed by atoms with Crippen LogP contribution in [-0.4, -0.2) is 68.7 Å². The highest BCUT2D eigenvalue weighted by Crippen LogP contribution is 2.21. The average Bonchev–Trinajstić information content (AvgIpc) is 3.24. The first-order chi connectivity index (χ1) is 14.0. The first-order valence-electron chi connectivity index (χ1n) is 9.68. The number of benzene rings is 1. The Bertz CT molecular complexity index is 829. The summed E-state index contributed by atoms with van der Waals surface area (Å²) in [5.74, 6) is 0.741. The van der Waals surface area contributed by atoms with Gasteiger partial charge >= 0.3 is 6.03 Å². The van der Waals surface area contributed by atoms with Crippen LogP contribution in [0.25, 0.3) is 0 Å². The Balaban J connectivity index is 1.63. The van der Waals surface area contributed by atoms with Crippen LogP contribution in [0.15, 0.2) is 41.0 Å². The normalized spacial score (nSPS) is 15.2. The van der Waals surface area contributed by atoms with Gasteiger partial charge in [0.2, 0.25) is 0 Å². The number of hydrogen-bond acceptors (Lipinski definition) is 5. The quantitative estimate of drug-likeness (QED) is 0.778. The van der Waals surface area contributed by atoms with E-state index in [0.29, 0.717) is 44.1 Å². The van der Waals surface area contributed by atoms with Crippen molar-refractivity contribution in [2.45, 2.75) is 13.0 Å². The topological polar surface area (TPSA) is 87.1 Å². The van der Waals surface area contributed by atoms with Gasteiger partial charge in [0.05, 0.1) is 25.5 Å². The average molecular weight is 400 g/mol. The van der Waals surface area contributed by atoms with E-state index in [2.05, 4.69) is 10.6 Å². The second-order valence-corrected chi connectivity index (χ2v) is 7.21. The van der Waals surface area contributed by atoms with Crippen molar-refractivity contribution in [3.8, 4) is 0 Å². The van der Waals surface area contributed by atoms with Crippen LogP contribution in [-0.2, 0) is 4.74 Å². The zero-order chi connectivity index (χ0) is 20.8. The van der Waals surface area contributed by atoms with Crippen LogP contribution in [0, 0.1) is 6.92 Å². The number of hydrogen-bond donors (Lipinski definition) is 2. The number of urea groups is 1. The number of likely N-dealkylation sites (N-methyl/N-ethyl adjacent to an activating group) is 1. The fourth-order valence-corrected chi connectivity index (χ4v) is 3.31. The highest BCUT2D eigenvalue weighted by molar-refractivity contribution is 5.99. The summed E-state index contributed by atoms with van der Waals surface area (Å²) in [5.41, 5.74) is 1.95. The molecule has 1 aromatic carbocycles. The number of rotatable bonds is 6. The number of morpholine rings is 1. The van der Waals surface area contributed by atoms with Crippen molar-refractivity contribution in [3.05, 3.63) is 53.5 Å². The van der Waals surface area contributed by atoms with Gasteiger partial charge in [-0.3, -0.25) is 9.69 Å². The molecule has 156 valence electrons. The smallest absolute Gasteiger partial charge is 0.319 e. The molecule has 1 saturated heterocycles. The predicted molar refractivity (Wildman–Crippen MR) is 110 cm³/mol. The molecule has 2 N–H and O–H groups in total. The molecule has 1 aliphatic heterocycles. The van der Waals surface area contributed by atoms with Crippen LogP contribution < -0.4 is 10.6 Å². The second-order valence-electron chi connectivity index (χ2n) is 7.21. The van der Waals surface area contributed by atoms with Gasteiger partial charge in [-0.05, 0) is 50.8 Å². The Labute approximate surface area is 170 Å². The molecule has 1 fully saturated rings. The van der Waals surface area contributed by atoms with Crippen molar-refractivity contribution >= 4 is 17.6 Å². The highest BCUT2D eigenvalue weighted by Gasteiger charge is 2.22. The SMILES string of the molecule is Cc1c(NC(=O)NCC(c2ccco2)N(C)C)cccc1C(=O)N1CCOCC1. The van der Waals surface area contributed by atoms with E-state index in [1.165, 1.54) is 0 Å². The molecule has 8 heteroatoms. The molecule has 3 rings (SSSR count). The minimum absolute atomic E-state index is 0.0413. The molecular formula is C21H28N4O4. The molecule has 0 bridgehead atoms. The summed E-state index contributed by atoms with van der Waals surface area (Å²) >= 11 is 0. The first kappa shape index (κ1) is 20.9. The van der Waals surface area contributed by atoms with Gasteiger partial charge < -0.3 is 24.7 Å². The van der Waals surface area contributed by atoms with Gasteiger partial charge in [-0.15, -0.1) is 0 Å². The number of anilines is 1. The molecule has 0 saturated carbocycles. The lowest BCUT2D eigenvalue weighted by atomic mass is 10.1. The van der Waals surface area contributed by atoms with Crippen LogP contribution in [0.4, 0.5) is 10.5 Å². The van der Waals surface area contributed by atoms with Gasteiger partial charge in [-0.2, -0.15) is 0 Å². The van der Waals surface area contributed by atoms with E-state index in [0.717, 1.165) is 11.3 Å². The number of furan rings is 1. The van der Waals surface area contributed by atoms with Crippen LogP contribution in [0.3, 0.4) is 0 Å². The minimum Gasteiger partial charge on any atom is -0.468 e. The third kappa shape index (κ3) is 5.16. The monoisotopic (exact) mass is 400 g/mol. The van der Waals surface area contributed by atoms with E-state index >= 15 is 0 Å². The van der Waals surface area contributed by atoms with Crippen molar-refractivity contribution < 1.29 is 18.7 Å². The fraction of sp³-hybridized carbons (Fsp3) is 0.429. The molecule has 1 atom stereocenters. The Kier molecular flexibility index (Phi) is 6.90. The predicted octanol–water partition coefficient (Wildman–Crippen LogP) is 2.48. The lowest BCUT2D eigenvalue weighted by molar-refractivity contribution is 0.0302. The second kappa shape index (κ2) is 9.58. The maximum atomic E-state index is 12.8. The van der Waals surface area contributed by atoms with Gasteiger partial charge in [0.1, 0.15) is 5.76 Å². The maximum absolute atomic E-state index is 12.8. The summed E-state index contributed by atoms with van der Waals surface area (Å²) in [5, 5.41) is 5.73. The maximum Gasteiger partial charge on any atom is 0.319 e. The van der Waals surface area contributed by atoms with Crippen molar-refractivity contribution in [1.29, 1.82) is 0 Å². The summed E-state index contributed by atoms with van der Waals surface area (Å²) < 4.78 is 10.8. The third-order valence-electron chi connectivity index (χ3n) is 5.06. The van der Waals surface area contributed by atoms with Crippen molar-refractivity contribution in [3.63, 3.8) is 0 Å². The van der Waals surface area contributed by atoms with Crippen LogP contribution in [0.1, 0.15) is 27.7 Å². The van der Waals surface area contributed by atoms with Crippen LogP contribution in [0.2, 0.25) is 0 Å². The fourth-order valence-electron chi connectivity index (χ4n) is 3.31. The number of carbonyl (C=O) groups excluding carboxylic acids is 2. The Morgan fingerprint density at radius 2 is 1.93 bits per heavy atom. The number of nitrogens with zero attached hydrogens (tertiary/aromatic N) is 2. The Morgan fingerprint density at radius 3 is 2.59 bits per heavy atom. The molecule has 1 aromatic heterocycles. The van der Waals surface area contributed by atoms with Gasteiger partial charge in [0.15, 0.2) is 0 Å². The Hall–Kier alpha value is -2.84. The number of carbonyl (C=O) groups is 2. The lowest BCUT2D eigenvalue weighted by Crippen LogP contribution is -2.41. The van der Waals surface area contributed by atoms with E-state index in [-0.39, 0.29) is 18.0 Å². The zero-order valence-electron chi connectivity index (χ0n) is 17.1. The van der Waals surface area contributed by atoms with E-state index in [1.807, 2.05) is 38.1 Å². The lowest BCUT2D eigenvalue weighted by Gasteiger charge is -2.27. The molecule has 8 nitrogen and oxygen atoms in total. The summed E-state index contributed by atoms with van der Waals surface area (Å²) in [6.07, 6.45) is 1.62. The van der Waals surface area contributed by atoms with Crippen LogP contribution >= 0.6 is 0 Å². The minimum atomic E-state index is -0.331. The standard InChI is InChI=1S/C21H28N4O4/c1-15-16(20(26)25-9-12-28-13-10-25)6-4-7-17(15)23-21(27)22-14-18(24(2)3)19-8-5-11-29-19/h4-8,11,18H,9-10,12-14H2,1-3H3,(H2,22,23,27). The van der Waals surface area contributed by atoms with Crippen molar-refractivity contribution in [2.75, 3.05) is 52.3 Å². The highest BCUT2D eigenvalue weighted by atomic mass is 16.5. The number of ether oxygens (including phenoxy) is 1. The molecule has 2 aromatic rings. The summed E-state index contributed by atoms with van der Waals surface area (Å²) in [7, 11) is 3.86. The van der Waals surface area contributed by atoms with Gasteiger partial charge in [-0.1, -0.05) is 6.07 Å². The third-order valence-corrected chi connectivity index (χ3v) is 5.06. The van der Waals surface area contributed by atoms with Crippen molar-refractivity contribution in [1.82, 2.24) is 15.1 Å². The molecule has 29 heavy (non-hydrogen) atoms. The Morgan fingerprint density at radius 1 is 1.17 bits per heavy atom. The number of nitrogens with one attached hydrogen (secondary N) is 2. The molecule has 0 radical (unpaired) electrons. The molecule has 1 unspecified atom stereocenters. The molecule has 0 aliphatic carbocycles. The number of amides is 3. The van der Waals surface area contributed by atoms with E-state index < -0.39 is 0 Å². The molecule has 0 spiro atoms. The first-order valence-corrected chi connectivity index (χ1v) is 9.68. The van der Waals surface area contributed by atoms with Gasteiger partial charge in [0.25, 0.3) is 5.91 Å². The van der Waals surface area contributed by atoms with Crippen LogP contribution in [0.5, 0.6) is 0 Å². The summed E-state index contributed by atoms with van der Waals surface area (Å²) in [6.45, 7) is 4.48. The molecule has 1 aliphatic rings. The van der Waals surface area contributed by atoms with E-state index in [1.54, 1.807) is 29.4 Å². The molecule has 2 heterocycles. The molecule has 3 amide bonds. The van der Waals surface area contributed by atoms with Crippen molar-refractivity contribution in [2.24, 2.45) is 0 Å². The summed E-state index contributed by atoms with van der Waals surface area (Å²) in [6, 6.07) is 8.66. The largest absolute Gasteiger partial charge is 0.468 e. The van der Waals surface area contributed by atoms with Gasteiger partial charge in [-0.25, -0.2) is 4.79 Å². The van der Waals surface area contributed by atoms with Gasteiger partial charge in [0, 0.05) is 30.9 Å². The van der Waals surface area contributed by atoms with E-state index in [9.17, 15) is 9.59 Å². The van der Waals surface area contributed by atoms with E-state index in [4.69, 9.17) is 9.15 Å². The zero-order valence-corrected chi connectivity index (χ0v) is 17.1. The molecular weight excluding hydrogens is 372 g/mol. The summed E-state index contributed by atoms with van der Waals surface area (Å²) in [4.78, 5) is 29.0.